The molecule has 1 atom stereocenters. The van der Waals surface area contributed by atoms with Gasteiger partial charge in [-0.25, -0.2) is 8.42 Å². The number of thiophene rings is 1. The first-order chi connectivity index (χ1) is 13.8. The summed E-state index contributed by atoms with van der Waals surface area (Å²) in [5.74, 6) is 0.126. The van der Waals surface area contributed by atoms with Crippen LogP contribution in [0.25, 0.3) is 10.1 Å². The smallest absolute Gasteiger partial charge is 0.600 e. The molecule has 30 heavy (non-hydrogen) atoms. The fourth-order valence-electron chi connectivity index (χ4n) is 3.59. The van der Waals surface area contributed by atoms with Gasteiger partial charge in [-0.1, -0.05) is 38.7 Å². The molecule has 3 nitrogen and oxygen atoms in total. The van der Waals surface area contributed by atoms with E-state index >= 15 is 0 Å². The lowest BCUT2D eigenvalue weighted by molar-refractivity contribution is -0.0868. The third kappa shape index (κ3) is 6.10. The second-order valence-corrected chi connectivity index (χ2v) is 10.5. The molecule has 0 spiro atoms. The van der Waals surface area contributed by atoms with Crippen molar-refractivity contribution in [1.82, 2.24) is 0 Å². The van der Waals surface area contributed by atoms with Gasteiger partial charge in [-0.3, -0.25) is 0 Å². The van der Waals surface area contributed by atoms with Crippen molar-refractivity contribution < 1.29 is 39.3 Å². The third-order valence-electron chi connectivity index (χ3n) is 4.89. The summed E-state index contributed by atoms with van der Waals surface area (Å²) in [5.41, 5.74) is -8.77. The molecule has 0 saturated heterocycles. The van der Waals surface area contributed by atoms with E-state index in [0.29, 0.717) is 9.58 Å². The largest absolute Gasteiger partial charge is 0.741 e. The number of alkyl halides is 6. The van der Waals surface area contributed by atoms with E-state index < -0.39 is 31.6 Å². The minimum absolute atomic E-state index is 0.126. The maximum absolute atomic E-state index is 13.7. The first kappa shape index (κ1) is 24.9. The predicted molar refractivity (Wildman–Crippen MR) is 103 cm³/mol. The van der Waals surface area contributed by atoms with Gasteiger partial charge in [-0.2, -0.15) is 13.2 Å². The van der Waals surface area contributed by atoms with Crippen LogP contribution in [0.3, 0.4) is 0 Å². The van der Waals surface area contributed by atoms with Gasteiger partial charge in [0, 0.05) is 23.4 Å². The van der Waals surface area contributed by atoms with Crippen LogP contribution < -0.4 is 0 Å². The highest BCUT2D eigenvalue weighted by Crippen LogP contribution is 2.55. The van der Waals surface area contributed by atoms with Gasteiger partial charge < -0.3 is 4.55 Å². The Balaban J connectivity index is 0.000000343. The zero-order chi connectivity index (χ0) is 22.7. The summed E-state index contributed by atoms with van der Waals surface area (Å²) in [6, 6.07) is 7.53. The molecule has 170 valence electrons. The minimum atomic E-state index is -6.09. The van der Waals surface area contributed by atoms with E-state index in [1.165, 1.54) is 0 Å². The summed E-state index contributed by atoms with van der Waals surface area (Å²) in [6.45, 7) is 2.06. The van der Waals surface area contributed by atoms with Crippen molar-refractivity contribution in [2.45, 2.75) is 68.8 Å². The number of hydrogen-bond acceptors (Lipinski definition) is 3. The standard InChI is InChI=1S/C18H22F3S.CHF3O3S/c1-2-6-13-9-10-15-12-17(14-7-4-3-5-8-14)22(16(15)11-13)18(19,20)21;2-1(3,4)8(5,6)7/h9-12,14H,2-8H2,1H3;(H,5,6,7)/q+1;/p-1. The van der Waals surface area contributed by atoms with Gasteiger partial charge in [0.05, 0.1) is 10.5 Å². The highest BCUT2D eigenvalue weighted by Gasteiger charge is 2.49. The molecule has 2 aromatic rings. The van der Waals surface area contributed by atoms with E-state index in [2.05, 4.69) is 6.92 Å². The van der Waals surface area contributed by atoms with Crippen molar-refractivity contribution in [2.75, 3.05) is 0 Å². The first-order valence-electron chi connectivity index (χ1n) is 9.43. The molecule has 0 radical (unpaired) electrons. The molecule has 1 heterocycles. The Morgan fingerprint density at radius 2 is 1.60 bits per heavy atom. The van der Waals surface area contributed by atoms with Crippen molar-refractivity contribution in [3.05, 3.63) is 34.7 Å². The SMILES string of the molecule is CCCc1ccc2cc(C3CCCCC3)[s+](C(F)(F)F)c2c1.O=S(=O)([O-])C(F)(F)F. The van der Waals surface area contributed by atoms with E-state index in [1.807, 2.05) is 24.3 Å². The van der Waals surface area contributed by atoms with E-state index in [-0.39, 0.29) is 5.92 Å². The van der Waals surface area contributed by atoms with Gasteiger partial charge in [0.1, 0.15) is 0 Å². The van der Waals surface area contributed by atoms with Crippen LogP contribution in [0, 0.1) is 0 Å². The highest BCUT2D eigenvalue weighted by atomic mass is 32.2. The fourth-order valence-corrected chi connectivity index (χ4v) is 5.80. The minimum Gasteiger partial charge on any atom is -0.741 e. The second-order valence-electron chi connectivity index (χ2n) is 7.16. The molecule has 1 aromatic carbocycles. The van der Waals surface area contributed by atoms with Gasteiger partial charge in [-0.05, 0) is 30.9 Å². The molecule has 0 N–H and O–H groups in total. The highest BCUT2D eigenvalue weighted by molar-refractivity contribution is 7.86. The Morgan fingerprint density at radius 3 is 2.07 bits per heavy atom. The van der Waals surface area contributed by atoms with Crippen LogP contribution in [0.5, 0.6) is 0 Å². The fraction of sp³-hybridized carbons (Fsp3) is 0.579. The topological polar surface area (TPSA) is 57.2 Å². The molecule has 1 aliphatic rings. The molecule has 1 unspecified atom stereocenters. The van der Waals surface area contributed by atoms with Crippen LogP contribution in [-0.2, 0) is 22.0 Å². The number of halogens is 6. The number of rotatable bonds is 3. The second kappa shape index (κ2) is 9.44. The maximum atomic E-state index is 13.7. The molecule has 1 saturated carbocycles. The molecule has 0 bridgehead atoms. The summed E-state index contributed by atoms with van der Waals surface area (Å²) < 4.78 is 101. The lowest BCUT2D eigenvalue weighted by atomic mass is 9.88. The van der Waals surface area contributed by atoms with Gasteiger partial charge in [0.2, 0.25) is 0 Å². The molecule has 3 rings (SSSR count). The molecule has 0 amide bonds. The Hall–Kier alpha value is -1.33. The summed E-state index contributed by atoms with van der Waals surface area (Å²) in [5, 5.41) is 0.793. The van der Waals surface area contributed by atoms with Crippen LogP contribution in [0.1, 0.15) is 61.8 Å². The van der Waals surface area contributed by atoms with Gasteiger partial charge >= 0.3 is 11.0 Å². The van der Waals surface area contributed by atoms with Crippen LogP contribution >= 0.6 is 10.5 Å². The Labute approximate surface area is 173 Å². The zero-order valence-electron chi connectivity index (χ0n) is 16.1. The van der Waals surface area contributed by atoms with Crippen molar-refractivity contribution in [1.29, 1.82) is 0 Å². The van der Waals surface area contributed by atoms with Crippen molar-refractivity contribution in [3.63, 3.8) is 0 Å². The summed E-state index contributed by atoms with van der Waals surface area (Å²) in [4.78, 5) is 0.649. The Morgan fingerprint density at radius 1 is 1.03 bits per heavy atom. The predicted octanol–water partition coefficient (Wildman–Crippen LogP) is 7.12. The van der Waals surface area contributed by atoms with Gasteiger partial charge in [0.25, 0.3) is 0 Å². The summed E-state index contributed by atoms with van der Waals surface area (Å²) >= 11 is 0. The van der Waals surface area contributed by atoms with Gasteiger partial charge in [0.15, 0.2) is 19.7 Å². The van der Waals surface area contributed by atoms with E-state index in [1.54, 1.807) is 0 Å². The van der Waals surface area contributed by atoms with E-state index in [4.69, 9.17) is 13.0 Å². The molecule has 1 fully saturated rings. The quantitative estimate of drug-likeness (QED) is 0.205. The Kier molecular flexibility index (Phi) is 7.84. The number of fused-ring (bicyclic) bond motifs is 1. The summed E-state index contributed by atoms with van der Waals surface area (Å²) in [6.07, 6.45) is 6.94. The number of hydrogen-bond donors (Lipinski definition) is 0. The molecular formula is C19H22F6O3S2. The normalized spacial score (nSPS) is 17.0. The number of aryl methyl sites for hydroxylation is 1. The first-order valence-corrected chi connectivity index (χ1v) is 12.1. The van der Waals surface area contributed by atoms with E-state index in [9.17, 15) is 26.3 Å². The molecule has 0 aliphatic heterocycles. The van der Waals surface area contributed by atoms with Crippen molar-refractivity contribution in [3.8, 4) is 0 Å². The van der Waals surface area contributed by atoms with E-state index in [0.717, 1.165) is 55.9 Å². The average Bonchev–Trinajstić information content (AvgIpc) is 3.01. The van der Waals surface area contributed by atoms with Crippen LogP contribution in [-0.4, -0.2) is 18.5 Å². The van der Waals surface area contributed by atoms with Gasteiger partial charge in [-0.15, -0.1) is 13.2 Å². The lowest BCUT2D eigenvalue weighted by Crippen LogP contribution is -2.21. The maximum Gasteiger partial charge on any atom is 0.600 e. The zero-order valence-corrected chi connectivity index (χ0v) is 17.8. The van der Waals surface area contributed by atoms with Crippen LogP contribution in [0.2, 0.25) is 0 Å². The summed E-state index contributed by atoms with van der Waals surface area (Å²) in [7, 11) is -7.80. The molecular weight excluding hydrogens is 454 g/mol. The molecule has 1 aliphatic carbocycles. The van der Waals surface area contributed by atoms with Crippen LogP contribution in [0.15, 0.2) is 24.3 Å². The van der Waals surface area contributed by atoms with Crippen LogP contribution in [0.4, 0.5) is 26.3 Å². The van der Waals surface area contributed by atoms with Crippen molar-refractivity contribution in [2.24, 2.45) is 0 Å². The lowest BCUT2D eigenvalue weighted by Gasteiger charge is -2.18. The number of benzene rings is 1. The molecule has 11 heteroatoms. The van der Waals surface area contributed by atoms with Crippen molar-refractivity contribution >= 4 is 30.7 Å². The molecule has 1 aromatic heterocycles. The Bertz CT molecular complexity index is 955. The monoisotopic (exact) mass is 476 g/mol. The average molecular weight is 477 g/mol. The third-order valence-corrected chi connectivity index (χ3v) is 7.64.